The molecular formula is C28H42N10O2. The molecule has 1 saturated carbocycles. The summed E-state index contributed by atoms with van der Waals surface area (Å²) in [5, 5.41) is 32.5. The van der Waals surface area contributed by atoms with Gasteiger partial charge in [-0.15, -0.1) is 5.10 Å². The van der Waals surface area contributed by atoms with Crippen LogP contribution in [0, 0.1) is 0 Å². The lowest BCUT2D eigenvalue weighted by atomic mass is 9.95. The number of anilines is 2. The summed E-state index contributed by atoms with van der Waals surface area (Å²) in [5.74, 6) is 0.361. The fourth-order valence-electron chi connectivity index (χ4n) is 5.50. The van der Waals surface area contributed by atoms with E-state index >= 15 is 0 Å². The van der Waals surface area contributed by atoms with Gasteiger partial charge in [-0.3, -0.25) is 9.48 Å². The lowest BCUT2D eigenvalue weighted by molar-refractivity contribution is -0.139. The van der Waals surface area contributed by atoms with Crippen LogP contribution in [-0.4, -0.2) is 87.4 Å². The number of carboxylic acid groups (broad SMARTS) is 1. The Morgan fingerprint density at radius 3 is 2.80 bits per heavy atom. The van der Waals surface area contributed by atoms with Crippen LogP contribution in [0.1, 0.15) is 50.6 Å². The number of benzene rings is 1. The Bertz CT molecular complexity index is 1230. The fourth-order valence-corrected chi connectivity index (χ4v) is 5.50. The molecule has 0 amide bonds. The molecular weight excluding hydrogens is 508 g/mol. The van der Waals surface area contributed by atoms with Crippen molar-refractivity contribution >= 4 is 28.6 Å². The van der Waals surface area contributed by atoms with Gasteiger partial charge in [-0.25, -0.2) is 4.98 Å². The molecule has 0 bridgehead atoms. The molecule has 3 aromatic rings. The number of hydrogen-bond donors (Lipinski definition) is 5. The maximum Gasteiger partial charge on any atom is 0.322 e. The van der Waals surface area contributed by atoms with Gasteiger partial charge in [0.25, 0.3) is 0 Å². The van der Waals surface area contributed by atoms with Gasteiger partial charge < -0.3 is 31.3 Å². The third-order valence-electron chi connectivity index (χ3n) is 7.68. The molecule has 5 N–H and O–H groups in total. The van der Waals surface area contributed by atoms with Crippen LogP contribution in [-0.2, 0) is 17.9 Å². The van der Waals surface area contributed by atoms with Crippen LogP contribution >= 0.6 is 0 Å². The molecule has 1 atom stereocenters. The third kappa shape index (κ3) is 7.86. The second kappa shape index (κ2) is 14.3. The van der Waals surface area contributed by atoms with Crippen LogP contribution in [0.4, 0.5) is 11.8 Å². The van der Waals surface area contributed by atoms with Crippen molar-refractivity contribution in [1.29, 1.82) is 0 Å². The van der Waals surface area contributed by atoms with E-state index in [2.05, 4.69) is 36.6 Å². The van der Waals surface area contributed by atoms with Gasteiger partial charge in [-0.2, -0.15) is 4.98 Å². The Morgan fingerprint density at radius 2 is 1.93 bits per heavy atom. The van der Waals surface area contributed by atoms with E-state index in [0.717, 1.165) is 67.5 Å². The van der Waals surface area contributed by atoms with E-state index in [1.54, 1.807) is 0 Å². The molecule has 1 aliphatic carbocycles. The van der Waals surface area contributed by atoms with E-state index in [0.29, 0.717) is 32.1 Å². The number of carbonyl (C=O) groups is 1. The Labute approximate surface area is 235 Å². The molecule has 40 heavy (non-hydrogen) atoms. The van der Waals surface area contributed by atoms with Gasteiger partial charge in [0.05, 0.1) is 18.3 Å². The van der Waals surface area contributed by atoms with Crippen molar-refractivity contribution in [3.8, 4) is 0 Å². The Kier molecular flexibility index (Phi) is 10.1. The van der Waals surface area contributed by atoms with Gasteiger partial charge in [0.15, 0.2) is 0 Å². The van der Waals surface area contributed by atoms with E-state index in [4.69, 9.17) is 4.98 Å². The topological polar surface area (TPSA) is 145 Å². The first-order valence-corrected chi connectivity index (χ1v) is 14.7. The van der Waals surface area contributed by atoms with Crippen LogP contribution in [0.3, 0.4) is 0 Å². The molecule has 216 valence electrons. The minimum atomic E-state index is -0.859. The standard InChI is InChI=1S/C28H42N10O2/c39-27(40)25-20-37(17-15-31-25)26-23-10-4-5-11-24(23)33-28(34-26)32-18-22-19-38(36-35-22)16-7-13-29-12-6-14-30-21-8-2-1-3-9-21/h4-5,10-11,19,21,25,29-31H,1-3,6-9,12-18,20H2,(H,39,40)(H,32,33,34). The van der Waals surface area contributed by atoms with E-state index in [1.807, 2.05) is 40.0 Å². The number of aromatic nitrogens is 5. The monoisotopic (exact) mass is 550 g/mol. The first-order chi connectivity index (χ1) is 19.7. The predicted octanol–water partition coefficient (Wildman–Crippen LogP) is 1.99. The number of nitrogens with zero attached hydrogens (tertiary/aromatic N) is 6. The van der Waals surface area contributed by atoms with Crippen LogP contribution in [0.15, 0.2) is 30.5 Å². The molecule has 2 aromatic heterocycles. The Hall–Kier alpha value is -3.35. The van der Waals surface area contributed by atoms with Crippen molar-refractivity contribution in [2.45, 2.75) is 70.1 Å². The smallest absolute Gasteiger partial charge is 0.322 e. The summed E-state index contributed by atoms with van der Waals surface area (Å²) in [6.07, 6.45) is 10.9. The molecule has 2 fully saturated rings. The summed E-state index contributed by atoms with van der Waals surface area (Å²) in [6.45, 7) is 5.94. The summed E-state index contributed by atoms with van der Waals surface area (Å²) < 4.78 is 1.88. The van der Waals surface area contributed by atoms with Crippen molar-refractivity contribution in [2.24, 2.45) is 0 Å². The number of hydrogen-bond acceptors (Lipinski definition) is 10. The van der Waals surface area contributed by atoms with Gasteiger partial charge in [0.1, 0.15) is 17.6 Å². The molecule has 12 heteroatoms. The van der Waals surface area contributed by atoms with Crippen molar-refractivity contribution in [1.82, 2.24) is 40.9 Å². The largest absolute Gasteiger partial charge is 0.480 e. The quantitative estimate of drug-likeness (QED) is 0.188. The summed E-state index contributed by atoms with van der Waals surface area (Å²) in [6, 6.07) is 7.91. The zero-order valence-corrected chi connectivity index (χ0v) is 23.2. The van der Waals surface area contributed by atoms with Crippen molar-refractivity contribution in [2.75, 3.05) is 49.5 Å². The third-order valence-corrected chi connectivity index (χ3v) is 7.68. The SMILES string of the molecule is O=C(O)C1CN(c2nc(NCc3cn(CCCNCCCNC4CCCCC4)nn3)nc3ccccc23)CCN1. The van der Waals surface area contributed by atoms with Crippen LogP contribution < -0.4 is 26.2 Å². The molecule has 1 aliphatic heterocycles. The highest BCUT2D eigenvalue weighted by Gasteiger charge is 2.27. The zero-order valence-electron chi connectivity index (χ0n) is 23.2. The normalized spacial score (nSPS) is 18.3. The van der Waals surface area contributed by atoms with Crippen LogP contribution in [0.25, 0.3) is 10.9 Å². The first kappa shape index (κ1) is 28.2. The highest BCUT2D eigenvalue weighted by atomic mass is 16.4. The van der Waals surface area contributed by atoms with E-state index in [1.165, 1.54) is 32.1 Å². The number of rotatable bonds is 14. The van der Waals surface area contributed by atoms with E-state index in [-0.39, 0.29) is 0 Å². The molecule has 12 nitrogen and oxygen atoms in total. The van der Waals surface area contributed by atoms with E-state index < -0.39 is 12.0 Å². The first-order valence-electron chi connectivity index (χ1n) is 14.7. The molecule has 1 aromatic carbocycles. The number of carboxylic acids is 1. The minimum absolute atomic E-state index is 0.344. The van der Waals surface area contributed by atoms with Crippen molar-refractivity contribution in [3.05, 3.63) is 36.2 Å². The highest BCUT2D eigenvalue weighted by molar-refractivity contribution is 5.91. The molecule has 5 rings (SSSR count). The number of para-hydroxylation sites is 1. The van der Waals surface area contributed by atoms with Gasteiger partial charge in [-0.05, 0) is 57.5 Å². The Morgan fingerprint density at radius 1 is 1.07 bits per heavy atom. The number of fused-ring (bicyclic) bond motifs is 1. The van der Waals surface area contributed by atoms with Gasteiger partial charge in [-0.1, -0.05) is 36.6 Å². The van der Waals surface area contributed by atoms with Gasteiger partial charge >= 0.3 is 5.97 Å². The molecule has 0 radical (unpaired) electrons. The zero-order chi connectivity index (χ0) is 27.6. The number of nitrogens with one attached hydrogen (secondary N) is 4. The summed E-state index contributed by atoms with van der Waals surface area (Å²) in [4.78, 5) is 23.0. The van der Waals surface area contributed by atoms with Gasteiger partial charge in [0.2, 0.25) is 5.95 Å². The highest BCUT2D eigenvalue weighted by Crippen LogP contribution is 2.26. The maximum absolute atomic E-state index is 11.6. The van der Waals surface area contributed by atoms with Crippen LogP contribution in [0.5, 0.6) is 0 Å². The minimum Gasteiger partial charge on any atom is -0.480 e. The molecule has 1 saturated heterocycles. The average Bonchev–Trinajstić information content (AvgIpc) is 3.45. The fraction of sp³-hybridized carbons (Fsp3) is 0.607. The summed E-state index contributed by atoms with van der Waals surface area (Å²) >= 11 is 0. The van der Waals surface area contributed by atoms with Crippen molar-refractivity contribution in [3.63, 3.8) is 0 Å². The molecule has 1 unspecified atom stereocenters. The number of piperazine rings is 1. The second-order valence-electron chi connectivity index (χ2n) is 10.8. The number of aryl methyl sites for hydroxylation is 1. The van der Waals surface area contributed by atoms with Crippen molar-refractivity contribution < 1.29 is 9.90 Å². The molecule has 2 aliphatic rings. The summed E-state index contributed by atoms with van der Waals surface area (Å²) in [7, 11) is 0. The average molecular weight is 551 g/mol. The predicted molar refractivity (Wildman–Crippen MR) is 156 cm³/mol. The lowest BCUT2D eigenvalue weighted by Crippen LogP contribution is -2.54. The summed E-state index contributed by atoms with van der Waals surface area (Å²) in [5.41, 5.74) is 1.62. The number of aliphatic carboxylic acids is 1. The second-order valence-corrected chi connectivity index (χ2v) is 10.8. The lowest BCUT2D eigenvalue weighted by Gasteiger charge is -2.33. The van der Waals surface area contributed by atoms with Crippen LogP contribution in [0.2, 0.25) is 0 Å². The molecule has 0 spiro atoms. The van der Waals surface area contributed by atoms with E-state index in [9.17, 15) is 9.90 Å². The Balaban J connectivity index is 1.07. The van der Waals surface area contributed by atoms with Gasteiger partial charge in [0, 0.05) is 37.6 Å². The molecule has 3 heterocycles. The maximum atomic E-state index is 11.6.